The lowest BCUT2D eigenvalue weighted by atomic mass is 9.79. The summed E-state index contributed by atoms with van der Waals surface area (Å²) in [5, 5.41) is 3.27. The minimum Gasteiger partial charge on any atom is -0.444 e. The molecule has 1 spiro atoms. The number of rotatable bonds is 4. The monoisotopic (exact) mass is 471 g/mol. The van der Waals surface area contributed by atoms with E-state index in [0.29, 0.717) is 32.2 Å². The minimum atomic E-state index is -0.574. The quantitative estimate of drug-likeness (QED) is 0.721. The average Bonchev–Trinajstić information content (AvgIpc) is 2.77. The first-order valence-electron chi connectivity index (χ1n) is 12.8. The minimum absolute atomic E-state index is 0.00755. The maximum absolute atomic E-state index is 13.2. The normalized spacial score (nSPS) is 30.8. The molecule has 3 aliphatic rings. The molecule has 4 rings (SSSR count). The number of benzene rings is 1. The predicted octanol–water partition coefficient (Wildman–Crippen LogP) is 3.93. The third kappa shape index (κ3) is 5.92. The molecule has 0 radical (unpaired) electrons. The van der Waals surface area contributed by atoms with Crippen molar-refractivity contribution in [2.24, 2.45) is 0 Å². The summed E-state index contributed by atoms with van der Waals surface area (Å²) in [6.45, 7) is 7.77. The van der Waals surface area contributed by atoms with Gasteiger partial charge < -0.3 is 19.7 Å². The van der Waals surface area contributed by atoms with Gasteiger partial charge in [-0.1, -0.05) is 30.3 Å². The Kier molecular flexibility index (Phi) is 7.53. The number of carbonyl (C=O) groups excluding carboxylic acids is 2. The molecule has 1 N–H and O–H groups in total. The number of ether oxygens (including phenoxy) is 2. The molecule has 7 nitrogen and oxygen atoms in total. The molecule has 3 fully saturated rings. The van der Waals surface area contributed by atoms with Crippen molar-refractivity contribution in [1.29, 1.82) is 0 Å². The number of likely N-dealkylation sites (tertiary alicyclic amines) is 1. The zero-order chi connectivity index (χ0) is 24.3. The van der Waals surface area contributed by atoms with Gasteiger partial charge in [-0.3, -0.25) is 9.69 Å². The van der Waals surface area contributed by atoms with Crippen molar-refractivity contribution in [1.82, 2.24) is 15.1 Å². The zero-order valence-electron chi connectivity index (χ0n) is 21.2. The van der Waals surface area contributed by atoms with Crippen LogP contribution in [0.25, 0.3) is 0 Å². The lowest BCUT2D eigenvalue weighted by Gasteiger charge is -2.53. The van der Waals surface area contributed by atoms with Gasteiger partial charge >= 0.3 is 6.09 Å². The Balaban J connectivity index is 1.45. The van der Waals surface area contributed by atoms with E-state index in [9.17, 15) is 9.59 Å². The molecule has 7 heteroatoms. The number of hydrogen-bond donors (Lipinski definition) is 1. The number of nitrogens with zero attached hydrogens (tertiary/aromatic N) is 2. The van der Waals surface area contributed by atoms with Crippen molar-refractivity contribution in [2.45, 2.75) is 88.5 Å². The van der Waals surface area contributed by atoms with Gasteiger partial charge in [-0.05, 0) is 77.8 Å². The van der Waals surface area contributed by atoms with Crippen LogP contribution in [0.3, 0.4) is 0 Å². The van der Waals surface area contributed by atoms with Gasteiger partial charge in [0.2, 0.25) is 5.91 Å². The van der Waals surface area contributed by atoms with E-state index >= 15 is 0 Å². The Morgan fingerprint density at radius 1 is 1.15 bits per heavy atom. The summed E-state index contributed by atoms with van der Waals surface area (Å²) in [4.78, 5) is 29.6. The molecule has 34 heavy (non-hydrogen) atoms. The summed E-state index contributed by atoms with van der Waals surface area (Å²) in [5.41, 5.74) is 0.326. The second kappa shape index (κ2) is 10.2. The van der Waals surface area contributed by atoms with Crippen LogP contribution in [0.4, 0.5) is 4.79 Å². The van der Waals surface area contributed by atoms with Crippen LogP contribution in [0, 0.1) is 0 Å². The molecule has 0 unspecified atom stereocenters. The Bertz CT molecular complexity index is 847. The molecule has 1 aromatic carbocycles. The van der Waals surface area contributed by atoms with Crippen molar-refractivity contribution in [3.8, 4) is 0 Å². The summed E-state index contributed by atoms with van der Waals surface area (Å²) in [5.74, 6) is 0.597. The van der Waals surface area contributed by atoms with Crippen LogP contribution in [-0.4, -0.2) is 78.4 Å². The summed E-state index contributed by atoms with van der Waals surface area (Å²) in [7, 11) is 1.97. The van der Waals surface area contributed by atoms with E-state index in [4.69, 9.17) is 9.47 Å². The Labute approximate surface area is 204 Å². The molecule has 1 aliphatic carbocycles. The molecular weight excluding hydrogens is 430 g/mol. The van der Waals surface area contributed by atoms with E-state index in [-0.39, 0.29) is 24.1 Å². The van der Waals surface area contributed by atoms with Gasteiger partial charge in [0, 0.05) is 13.1 Å². The lowest BCUT2D eigenvalue weighted by molar-refractivity contribution is -0.133. The number of nitrogens with one attached hydrogen (secondary N) is 1. The van der Waals surface area contributed by atoms with Crippen LogP contribution in [-0.2, 0) is 14.3 Å². The summed E-state index contributed by atoms with van der Waals surface area (Å²) in [6, 6.07) is 10.5. The fraction of sp³-hybridized carbons (Fsp3) is 0.704. The van der Waals surface area contributed by atoms with Gasteiger partial charge in [0.15, 0.2) is 0 Å². The molecule has 2 amide bonds. The summed E-state index contributed by atoms with van der Waals surface area (Å²) >= 11 is 0. The molecule has 2 saturated heterocycles. The molecule has 0 bridgehead atoms. The first-order chi connectivity index (χ1) is 16.2. The third-order valence-electron chi connectivity index (χ3n) is 7.45. The molecular formula is C27H41N3O4. The number of carbonyl (C=O) groups is 2. The highest BCUT2D eigenvalue weighted by Gasteiger charge is 2.51. The molecule has 0 aromatic heterocycles. The average molecular weight is 472 g/mol. The van der Waals surface area contributed by atoms with Crippen LogP contribution in [0.2, 0.25) is 0 Å². The highest BCUT2D eigenvalue weighted by atomic mass is 16.6. The first kappa shape index (κ1) is 25.0. The van der Waals surface area contributed by atoms with Gasteiger partial charge in [-0.25, -0.2) is 4.79 Å². The Morgan fingerprint density at radius 3 is 2.50 bits per heavy atom. The summed E-state index contributed by atoms with van der Waals surface area (Å²) < 4.78 is 12.3. The fourth-order valence-corrected chi connectivity index (χ4v) is 5.96. The number of likely N-dealkylation sites (N-methyl/N-ethyl adjacent to an activating group) is 1. The van der Waals surface area contributed by atoms with Gasteiger partial charge in [0.05, 0.1) is 30.8 Å². The van der Waals surface area contributed by atoms with E-state index < -0.39 is 11.1 Å². The second-order valence-electron chi connectivity index (χ2n) is 11.4. The standard InChI is InChI=1S/C27H41N3O4/c1-26(2,3)34-25(32)30-16-8-15-27(19-29(4)17-24(31)28-27)23(30)18-33-22-13-11-21(12-14-22)20-9-6-5-7-10-20/h5-7,9-10,21-23H,8,11-19H2,1-4H3,(H,28,31)/t21-,22+,23-,27+/m0/s1. The van der Waals surface area contributed by atoms with Crippen LogP contribution >= 0.6 is 0 Å². The van der Waals surface area contributed by atoms with Crippen molar-refractivity contribution in [2.75, 3.05) is 33.3 Å². The highest BCUT2D eigenvalue weighted by molar-refractivity contribution is 5.80. The van der Waals surface area contributed by atoms with Crippen LogP contribution < -0.4 is 5.32 Å². The molecule has 1 saturated carbocycles. The molecule has 2 aliphatic heterocycles. The topological polar surface area (TPSA) is 71.1 Å². The van der Waals surface area contributed by atoms with Crippen molar-refractivity contribution in [3.63, 3.8) is 0 Å². The fourth-order valence-electron chi connectivity index (χ4n) is 5.96. The van der Waals surface area contributed by atoms with E-state index in [1.807, 2.05) is 32.7 Å². The van der Waals surface area contributed by atoms with Crippen molar-refractivity contribution >= 4 is 12.0 Å². The van der Waals surface area contributed by atoms with Gasteiger partial charge in [0.25, 0.3) is 0 Å². The third-order valence-corrected chi connectivity index (χ3v) is 7.45. The molecule has 2 heterocycles. The van der Waals surface area contributed by atoms with E-state index in [2.05, 4.69) is 40.5 Å². The van der Waals surface area contributed by atoms with E-state index in [1.165, 1.54) is 5.56 Å². The SMILES string of the molecule is CN1CC(=O)N[C@]2(CCCN(C(=O)OC(C)(C)C)[C@H]2CO[C@H]2CC[C@@H](c3ccccc3)CC2)C1. The van der Waals surface area contributed by atoms with Crippen LogP contribution in [0.5, 0.6) is 0 Å². The number of piperazine rings is 1. The van der Waals surface area contributed by atoms with Crippen LogP contribution in [0.15, 0.2) is 30.3 Å². The van der Waals surface area contributed by atoms with Crippen molar-refractivity contribution in [3.05, 3.63) is 35.9 Å². The number of hydrogen-bond acceptors (Lipinski definition) is 5. The smallest absolute Gasteiger partial charge is 0.410 e. The maximum Gasteiger partial charge on any atom is 0.410 e. The van der Waals surface area contributed by atoms with Gasteiger partial charge in [-0.2, -0.15) is 0 Å². The Morgan fingerprint density at radius 2 is 1.85 bits per heavy atom. The number of amides is 2. The first-order valence-corrected chi connectivity index (χ1v) is 12.8. The zero-order valence-corrected chi connectivity index (χ0v) is 21.2. The van der Waals surface area contributed by atoms with Gasteiger partial charge in [-0.15, -0.1) is 0 Å². The van der Waals surface area contributed by atoms with Gasteiger partial charge in [0.1, 0.15) is 5.60 Å². The largest absolute Gasteiger partial charge is 0.444 e. The van der Waals surface area contributed by atoms with E-state index in [0.717, 1.165) is 38.5 Å². The van der Waals surface area contributed by atoms with Crippen molar-refractivity contribution < 1.29 is 19.1 Å². The highest BCUT2D eigenvalue weighted by Crippen LogP contribution is 2.36. The Hall–Kier alpha value is -2.12. The lowest BCUT2D eigenvalue weighted by Crippen LogP contribution is -2.74. The predicted molar refractivity (Wildman–Crippen MR) is 132 cm³/mol. The van der Waals surface area contributed by atoms with E-state index in [1.54, 1.807) is 0 Å². The second-order valence-corrected chi connectivity index (χ2v) is 11.4. The summed E-state index contributed by atoms with van der Waals surface area (Å²) in [6.07, 6.45) is 5.76. The number of piperidine rings is 1. The molecule has 1 aromatic rings. The molecule has 188 valence electrons. The maximum atomic E-state index is 13.2. The van der Waals surface area contributed by atoms with Crippen LogP contribution in [0.1, 0.15) is 70.8 Å². The molecule has 2 atom stereocenters.